The van der Waals surface area contributed by atoms with Crippen molar-refractivity contribution in [1.82, 2.24) is 4.98 Å². The minimum atomic E-state index is 0.573. The van der Waals surface area contributed by atoms with Crippen LogP contribution in [-0.2, 0) is 0 Å². The molecule has 0 amide bonds. The summed E-state index contributed by atoms with van der Waals surface area (Å²) in [6, 6.07) is 6.12. The predicted molar refractivity (Wildman–Crippen MR) is 61.0 cm³/mol. The zero-order chi connectivity index (χ0) is 10.3. The highest BCUT2D eigenvalue weighted by molar-refractivity contribution is 6.30. The third kappa shape index (κ3) is 1.38. The number of pyridine rings is 1. The summed E-state index contributed by atoms with van der Waals surface area (Å²) in [6.07, 6.45) is 0. The number of nitrogens with zero attached hydrogens (tertiary/aromatic N) is 1. The molecule has 0 saturated carbocycles. The van der Waals surface area contributed by atoms with Crippen molar-refractivity contribution in [2.24, 2.45) is 0 Å². The number of aromatic nitrogens is 1. The van der Waals surface area contributed by atoms with Gasteiger partial charge in [-0.25, -0.2) is 4.98 Å². The second kappa shape index (κ2) is 3.25. The van der Waals surface area contributed by atoms with Crippen LogP contribution >= 0.6 is 11.6 Å². The molecule has 0 bridgehead atoms. The van der Waals surface area contributed by atoms with Gasteiger partial charge in [0.25, 0.3) is 0 Å². The summed E-state index contributed by atoms with van der Waals surface area (Å²) in [4.78, 5) is 4.36. The Morgan fingerprint density at radius 1 is 1.00 bits per heavy atom. The standard InChI is InChI=1S/C12H12ClN/c1-7-4-5-8(2)12-11(7)9(3)6-10(13)14-12/h4-6H,1-3H3. The monoisotopic (exact) mass is 205 g/mol. The van der Waals surface area contributed by atoms with Gasteiger partial charge in [0, 0.05) is 5.39 Å². The zero-order valence-corrected chi connectivity index (χ0v) is 9.31. The van der Waals surface area contributed by atoms with Crippen molar-refractivity contribution in [3.05, 3.63) is 40.0 Å². The van der Waals surface area contributed by atoms with Crippen LogP contribution in [0.3, 0.4) is 0 Å². The minimum Gasteiger partial charge on any atom is -0.236 e. The smallest absolute Gasteiger partial charge is 0.130 e. The Morgan fingerprint density at radius 3 is 2.36 bits per heavy atom. The first kappa shape index (κ1) is 9.47. The van der Waals surface area contributed by atoms with Crippen molar-refractivity contribution in [1.29, 1.82) is 0 Å². The lowest BCUT2D eigenvalue weighted by atomic mass is 10.0. The zero-order valence-electron chi connectivity index (χ0n) is 8.56. The van der Waals surface area contributed by atoms with Crippen molar-refractivity contribution in [2.75, 3.05) is 0 Å². The number of hydrogen-bond donors (Lipinski definition) is 0. The van der Waals surface area contributed by atoms with E-state index in [9.17, 15) is 0 Å². The average Bonchev–Trinajstić information content (AvgIpc) is 2.10. The van der Waals surface area contributed by atoms with Gasteiger partial charge in [0.05, 0.1) is 5.52 Å². The molecule has 0 fully saturated rings. The first-order chi connectivity index (χ1) is 6.59. The Morgan fingerprint density at radius 2 is 1.64 bits per heavy atom. The summed E-state index contributed by atoms with van der Waals surface area (Å²) in [5, 5.41) is 1.80. The van der Waals surface area contributed by atoms with E-state index in [0.29, 0.717) is 5.15 Å². The van der Waals surface area contributed by atoms with E-state index >= 15 is 0 Å². The molecule has 0 aliphatic carbocycles. The molecule has 0 aliphatic heterocycles. The van der Waals surface area contributed by atoms with Crippen molar-refractivity contribution < 1.29 is 0 Å². The first-order valence-electron chi connectivity index (χ1n) is 4.62. The second-order valence-corrected chi connectivity index (χ2v) is 4.07. The fraction of sp³-hybridized carbons (Fsp3) is 0.250. The van der Waals surface area contributed by atoms with Crippen LogP contribution in [-0.4, -0.2) is 4.98 Å². The largest absolute Gasteiger partial charge is 0.236 e. The Bertz CT molecular complexity index is 503. The highest BCUT2D eigenvalue weighted by Gasteiger charge is 2.06. The molecular formula is C12H12ClN. The van der Waals surface area contributed by atoms with Gasteiger partial charge >= 0.3 is 0 Å². The van der Waals surface area contributed by atoms with E-state index in [0.717, 1.165) is 5.52 Å². The molecule has 1 nitrogen and oxygen atoms in total. The third-order valence-electron chi connectivity index (χ3n) is 2.54. The maximum absolute atomic E-state index is 5.94. The van der Waals surface area contributed by atoms with Crippen LogP contribution in [0.4, 0.5) is 0 Å². The normalized spacial score (nSPS) is 10.9. The molecule has 0 spiro atoms. The van der Waals surface area contributed by atoms with E-state index in [4.69, 9.17) is 11.6 Å². The van der Waals surface area contributed by atoms with Gasteiger partial charge in [-0.15, -0.1) is 0 Å². The minimum absolute atomic E-state index is 0.573. The van der Waals surface area contributed by atoms with Crippen LogP contribution < -0.4 is 0 Å². The van der Waals surface area contributed by atoms with Crippen molar-refractivity contribution in [3.63, 3.8) is 0 Å². The first-order valence-corrected chi connectivity index (χ1v) is 5.00. The van der Waals surface area contributed by atoms with Crippen molar-refractivity contribution in [3.8, 4) is 0 Å². The van der Waals surface area contributed by atoms with E-state index in [1.54, 1.807) is 0 Å². The van der Waals surface area contributed by atoms with Gasteiger partial charge in [-0.1, -0.05) is 23.7 Å². The predicted octanol–water partition coefficient (Wildman–Crippen LogP) is 3.81. The Balaban J connectivity index is 3.00. The number of rotatable bonds is 0. The molecule has 1 aromatic carbocycles. The van der Waals surface area contributed by atoms with Gasteiger partial charge in [0.2, 0.25) is 0 Å². The van der Waals surface area contributed by atoms with Crippen LogP contribution in [0.5, 0.6) is 0 Å². The van der Waals surface area contributed by atoms with Crippen LogP contribution in [0.1, 0.15) is 16.7 Å². The summed E-state index contributed by atoms with van der Waals surface area (Å²) in [7, 11) is 0. The molecule has 72 valence electrons. The molecular weight excluding hydrogens is 194 g/mol. The molecule has 2 heteroatoms. The molecule has 14 heavy (non-hydrogen) atoms. The molecule has 2 aromatic rings. The fourth-order valence-corrected chi connectivity index (χ4v) is 2.08. The lowest BCUT2D eigenvalue weighted by molar-refractivity contribution is 1.31. The average molecular weight is 206 g/mol. The molecule has 0 unspecified atom stereocenters. The Kier molecular flexibility index (Phi) is 2.20. The van der Waals surface area contributed by atoms with Crippen LogP contribution in [0.2, 0.25) is 5.15 Å². The molecule has 2 rings (SSSR count). The number of aryl methyl sites for hydroxylation is 3. The van der Waals surface area contributed by atoms with Gasteiger partial charge in [0.1, 0.15) is 5.15 Å². The summed E-state index contributed by atoms with van der Waals surface area (Å²) >= 11 is 5.94. The highest BCUT2D eigenvalue weighted by Crippen LogP contribution is 2.25. The maximum atomic E-state index is 5.94. The molecule has 0 aliphatic rings. The molecule has 0 N–H and O–H groups in total. The fourth-order valence-electron chi connectivity index (χ4n) is 1.83. The number of benzene rings is 1. The number of fused-ring (bicyclic) bond motifs is 1. The van der Waals surface area contributed by atoms with E-state index in [2.05, 4.69) is 37.9 Å². The van der Waals surface area contributed by atoms with E-state index in [1.807, 2.05) is 6.07 Å². The highest BCUT2D eigenvalue weighted by atomic mass is 35.5. The summed E-state index contributed by atoms with van der Waals surface area (Å²) in [5.41, 5.74) is 4.65. The summed E-state index contributed by atoms with van der Waals surface area (Å²) < 4.78 is 0. The van der Waals surface area contributed by atoms with E-state index in [-0.39, 0.29) is 0 Å². The van der Waals surface area contributed by atoms with Crippen LogP contribution in [0.25, 0.3) is 10.9 Å². The Labute approximate surface area is 88.7 Å². The lowest BCUT2D eigenvalue weighted by Gasteiger charge is -2.08. The Hall–Kier alpha value is -1.08. The summed E-state index contributed by atoms with van der Waals surface area (Å²) in [6.45, 7) is 6.23. The number of halogens is 1. The van der Waals surface area contributed by atoms with Gasteiger partial charge in [0.15, 0.2) is 0 Å². The van der Waals surface area contributed by atoms with Crippen LogP contribution in [0, 0.1) is 20.8 Å². The molecule has 1 heterocycles. The molecule has 0 atom stereocenters. The second-order valence-electron chi connectivity index (χ2n) is 3.68. The molecule has 0 radical (unpaired) electrons. The van der Waals surface area contributed by atoms with E-state index in [1.165, 1.54) is 22.1 Å². The molecule has 1 aromatic heterocycles. The van der Waals surface area contributed by atoms with Gasteiger partial charge in [-0.3, -0.25) is 0 Å². The van der Waals surface area contributed by atoms with Crippen molar-refractivity contribution >= 4 is 22.5 Å². The quantitative estimate of drug-likeness (QED) is 0.596. The maximum Gasteiger partial charge on any atom is 0.130 e. The van der Waals surface area contributed by atoms with Crippen molar-refractivity contribution in [2.45, 2.75) is 20.8 Å². The van der Waals surface area contributed by atoms with Gasteiger partial charge < -0.3 is 0 Å². The van der Waals surface area contributed by atoms with Crippen LogP contribution in [0.15, 0.2) is 18.2 Å². The van der Waals surface area contributed by atoms with Gasteiger partial charge in [-0.05, 0) is 43.5 Å². The SMILES string of the molecule is Cc1ccc(C)c2c(C)cc(Cl)nc12. The lowest BCUT2D eigenvalue weighted by Crippen LogP contribution is -1.90. The summed E-state index contributed by atoms with van der Waals surface area (Å²) in [5.74, 6) is 0. The molecule has 0 saturated heterocycles. The third-order valence-corrected chi connectivity index (χ3v) is 2.73. The van der Waals surface area contributed by atoms with Gasteiger partial charge in [-0.2, -0.15) is 0 Å². The van der Waals surface area contributed by atoms with E-state index < -0.39 is 0 Å². The topological polar surface area (TPSA) is 12.9 Å². The number of hydrogen-bond acceptors (Lipinski definition) is 1.